The number of nitrogens with zero attached hydrogens (tertiary/aromatic N) is 2. The van der Waals surface area contributed by atoms with E-state index in [-0.39, 0.29) is 0 Å². The largest absolute Gasteiger partial charge is 0.309 e. The number of allylic oxidation sites excluding steroid dienone is 2. The minimum atomic E-state index is 1.12. The standard InChI is InChI=1S/C49H34N2/c1-3-4-20-37-32(2)30-34-17-12-23-40-47(34)49(37)41-24-14-27-46(48(40)41)51(43-26-13-16-33-15-8-9-21-38(33)43)36-28-29-45-42(31-36)39-22-10-11-25-44(39)50(45)35-18-6-5-7-19-35/h3-31H,1H2,2H3/b20-4-. The highest BCUT2D eigenvalue weighted by Crippen LogP contribution is 2.55. The minimum Gasteiger partial charge on any atom is -0.309 e. The van der Waals surface area contributed by atoms with Crippen molar-refractivity contribution in [3.05, 3.63) is 188 Å². The molecule has 51 heavy (non-hydrogen) atoms. The van der Waals surface area contributed by atoms with Crippen LogP contribution in [0.3, 0.4) is 0 Å². The molecule has 0 bridgehead atoms. The lowest BCUT2D eigenvalue weighted by molar-refractivity contribution is 1.18. The second-order valence-corrected chi connectivity index (χ2v) is 13.4. The van der Waals surface area contributed by atoms with Crippen molar-refractivity contribution < 1.29 is 0 Å². The number of para-hydroxylation sites is 2. The van der Waals surface area contributed by atoms with E-state index in [1.165, 1.54) is 76.7 Å². The zero-order valence-corrected chi connectivity index (χ0v) is 28.3. The van der Waals surface area contributed by atoms with E-state index in [1.807, 2.05) is 6.08 Å². The lowest BCUT2D eigenvalue weighted by Gasteiger charge is -2.29. The van der Waals surface area contributed by atoms with Crippen LogP contribution in [0.2, 0.25) is 0 Å². The summed E-state index contributed by atoms with van der Waals surface area (Å²) < 4.78 is 2.38. The summed E-state index contributed by atoms with van der Waals surface area (Å²) in [4.78, 5) is 2.49. The maximum Gasteiger partial charge on any atom is 0.0546 e. The van der Waals surface area contributed by atoms with Crippen LogP contribution in [0, 0.1) is 6.92 Å². The van der Waals surface area contributed by atoms with Crippen molar-refractivity contribution in [1.82, 2.24) is 4.57 Å². The van der Waals surface area contributed by atoms with Crippen LogP contribution in [0.25, 0.3) is 77.4 Å². The summed E-state index contributed by atoms with van der Waals surface area (Å²) in [7, 11) is 0. The zero-order chi connectivity index (χ0) is 34.1. The van der Waals surface area contributed by atoms with Crippen molar-refractivity contribution in [2.75, 3.05) is 4.90 Å². The third kappa shape index (κ3) is 4.36. The number of hydrogen-bond acceptors (Lipinski definition) is 1. The van der Waals surface area contributed by atoms with Gasteiger partial charge in [-0.25, -0.2) is 0 Å². The normalized spacial score (nSPS) is 12.0. The van der Waals surface area contributed by atoms with E-state index in [0.717, 1.165) is 22.7 Å². The lowest BCUT2D eigenvalue weighted by atomic mass is 9.93. The number of aromatic nitrogens is 1. The van der Waals surface area contributed by atoms with Crippen molar-refractivity contribution in [2.24, 2.45) is 0 Å². The van der Waals surface area contributed by atoms with Gasteiger partial charge in [-0.05, 0) is 99.4 Å². The fourth-order valence-corrected chi connectivity index (χ4v) is 8.46. The Morgan fingerprint density at radius 1 is 0.549 bits per heavy atom. The molecule has 0 spiro atoms. The molecule has 10 rings (SSSR count). The summed E-state index contributed by atoms with van der Waals surface area (Å²) in [5.74, 6) is 0. The van der Waals surface area contributed by atoms with E-state index in [2.05, 4.69) is 193 Å². The van der Waals surface area contributed by atoms with Gasteiger partial charge >= 0.3 is 0 Å². The number of fused-ring (bicyclic) bond motifs is 7. The Balaban J connectivity index is 1.29. The number of benzene rings is 8. The van der Waals surface area contributed by atoms with E-state index in [0.29, 0.717) is 0 Å². The summed E-state index contributed by atoms with van der Waals surface area (Å²) in [6.45, 7) is 6.19. The molecule has 9 aromatic rings. The smallest absolute Gasteiger partial charge is 0.0546 e. The van der Waals surface area contributed by atoms with Crippen LogP contribution in [-0.2, 0) is 0 Å². The number of hydrogen-bond donors (Lipinski definition) is 0. The van der Waals surface area contributed by atoms with Crippen molar-refractivity contribution in [3.8, 4) is 27.9 Å². The lowest BCUT2D eigenvalue weighted by Crippen LogP contribution is -2.12. The van der Waals surface area contributed by atoms with Gasteiger partial charge in [-0.3, -0.25) is 0 Å². The molecule has 1 aliphatic carbocycles. The number of rotatable bonds is 6. The van der Waals surface area contributed by atoms with Gasteiger partial charge in [0.15, 0.2) is 0 Å². The topological polar surface area (TPSA) is 8.17 Å². The molecular formula is C49H34N2. The first kappa shape index (κ1) is 29.3. The summed E-state index contributed by atoms with van der Waals surface area (Å²) in [6, 6.07) is 57.7. The monoisotopic (exact) mass is 650 g/mol. The molecule has 2 heteroatoms. The van der Waals surface area contributed by atoms with Crippen LogP contribution in [0.4, 0.5) is 17.1 Å². The van der Waals surface area contributed by atoms with Crippen LogP contribution < -0.4 is 4.90 Å². The quantitative estimate of drug-likeness (QED) is 0.163. The summed E-state index contributed by atoms with van der Waals surface area (Å²) in [5, 5.41) is 7.47. The highest BCUT2D eigenvalue weighted by Gasteiger charge is 2.30. The van der Waals surface area contributed by atoms with E-state index in [9.17, 15) is 0 Å². The zero-order valence-electron chi connectivity index (χ0n) is 28.3. The molecule has 1 heterocycles. The molecular weight excluding hydrogens is 617 g/mol. The molecule has 0 atom stereocenters. The van der Waals surface area contributed by atoms with Gasteiger partial charge in [0.05, 0.1) is 22.4 Å². The molecule has 0 aliphatic heterocycles. The van der Waals surface area contributed by atoms with E-state index < -0.39 is 0 Å². The first-order valence-corrected chi connectivity index (χ1v) is 17.6. The molecule has 0 saturated heterocycles. The van der Waals surface area contributed by atoms with Gasteiger partial charge in [0.2, 0.25) is 0 Å². The third-order valence-electron chi connectivity index (χ3n) is 10.6. The van der Waals surface area contributed by atoms with Gasteiger partial charge in [-0.1, -0.05) is 134 Å². The summed E-state index contributed by atoms with van der Waals surface area (Å²) in [6.07, 6.45) is 6.13. The Hall–Kier alpha value is -6.64. The van der Waals surface area contributed by atoms with Crippen molar-refractivity contribution in [1.29, 1.82) is 0 Å². The average Bonchev–Trinajstić information content (AvgIpc) is 3.69. The molecule has 0 radical (unpaired) electrons. The Morgan fingerprint density at radius 3 is 2.12 bits per heavy atom. The van der Waals surface area contributed by atoms with Crippen LogP contribution in [0.5, 0.6) is 0 Å². The molecule has 2 nitrogen and oxygen atoms in total. The average molecular weight is 651 g/mol. The molecule has 0 unspecified atom stereocenters. The fourth-order valence-electron chi connectivity index (χ4n) is 8.46. The Morgan fingerprint density at radius 2 is 1.24 bits per heavy atom. The van der Waals surface area contributed by atoms with Gasteiger partial charge in [-0.2, -0.15) is 0 Å². The molecule has 0 N–H and O–H groups in total. The highest BCUT2D eigenvalue weighted by molar-refractivity contribution is 6.21. The van der Waals surface area contributed by atoms with Crippen LogP contribution in [0.1, 0.15) is 11.1 Å². The predicted octanol–water partition coefficient (Wildman–Crippen LogP) is 13.7. The molecule has 1 aliphatic rings. The van der Waals surface area contributed by atoms with Crippen molar-refractivity contribution in [3.63, 3.8) is 0 Å². The molecule has 1 aromatic heterocycles. The highest BCUT2D eigenvalue weighted by atomic mass is 15.1. The molecule has 0 fully saturated rings. The van der Waals surface area contributed by atoms with E-state index in [1.54, 1.807) is 0 Å². The SMILES string of the molecule is C=C/C=C\c1c(C)cc2cccc3c2c1-c1cccc(N(c2ccc4c(c2)c2ccccc2n4-c2ccccc2)c2cccc4ccccc24)c1-3. The van der Waals surface area contributed by atoms with Gasteiger partial charge in [0.25, 0.3) is 0 Å². The first-order chi connectivity index (χ1) is 25.2. The minimum absolute atomic E-state index is 1.12. The van der Waals surface area contributed by atoms with Gasteiger partial charge in [0, 0.05) is 33.1 Å². The maximum atomic E-state index is 3.97. The Kier molecular flexibility index (Phi) is 6.59. The first-order valence-electron chi connectivity index (χ1n) is 17.6. The van der Waals surface area contributed by atoms with Crippen molar-refractivity contribution >= 4 is 66.5 Å². The van der Waals surface area contributed by atoms with E-state index in [4.69, 9.17) is 0 Å². The maximum absolute atomic E-state index is 3.97. The van der Waals surface area contributed by atoms with E-state index >= 15 is 0 Å². The summed E-state index contributed by atoms with van der Waals surface area (Å²) >= 11 is 0. The number of anilines is 3. The second kappa shape index (κ2) is 11.5. The van der Waals surface area contributed by atoms with Gasteiger partial charge in [0.1, 0.15) is 0 Å². The number of aryl methyl sites for hydroxylation is 1. The van der Waals surface area contributed by atoms with Crippen LogP contribution in [-0.4, -0.2) is 4.57 Å². The van der Waals surface area contributed by atoms with Crippen molar-refractivity contribution in [2.45, 2.75) is 6.92 Å². The Bertz CT molecular complexity index is 2880. The van der Waals surface area contributed by atoms with Gasteiger partial charge in [-0.15, -0.1) is 0 Å². The van der Waals surface area contributed by atoms with Gasteiger partial charge < -0.3 is 9.47 Å². The molecule has 8 aromatic carbocycles. The molecule has 0 amide bonds. The fraction of sp³-hybridized carbons (Fsp3) is 0.0204. The third-order valence-corrected chi connectivity index (χ3v) is 10.6. The van der Waals surface area contributed by atoms with Crippen LogP contribution in [0.15, 0.2) is 176 Å². The van der Waals surface area contributed by atoms with Crippen LogP contribution >= 0.6 is 0 Å². The molecule has 0 saturated carbocycles. The molecule has 240 valence electrons. The second-order valence-electron chi connectivity index (χ2n) is 13.4. The predicted molar refractivity (Wildman–Crippen MR) is 219 cm³/mol. The summed E-state index contributed by atoms with van der Waals surface area (Å²) in [5.41, 5.74) is 14.6. The Labute approximate surface area is 297 Å².